The number of hydrogen-bond donors (Lipinski definition) is 0. The molecule has 0 aromatic rings. The van der Waals surface area contributed by atoms with Crippen LogP contribution < -0.4 is 0 Å². The third-order valence-corrected chi connectivity index (χ3v) is 0.260. The first-order chi connectivity index (χ1) is 3.91. The Morgan fingerprint density at radius 2 is 2.25 bits per heavy atom. The zero-order valence-electron chi connectivity index (χ0n) is 4.29. The first-order valence-corrected chi connectivity index (χ1v) is 1.75. The summed E-state index contributed by atoms with van der Waals surface area (Å²) in [4.78, 5) is 16.9. The highest BCUT2D eigenvalue weighted by Crippen LogP contribution is 1.62. The number of ether oxygens (including phenoxy) is 1. The van der Waals surface area contributed by atoms with Crippen LogP contribution in [-0.4, -0.2) is 19.9 Å². The normalized spacial score (nSPS) is 5.50. The summed E-state index contributed by atoms with van der Waals surface area (Å²) in [6, 6.07) is 0. The fraction of sp³-hybridized carbons (Fsp3) is 0.200. The van der Waals surface area contributed by atoms with Crippen molar-refractivity contribution in [2.45, 2.75) is 0 Å². The van der Waals surface area contributed by atoms with Crippen LogP contribution >= 0.6 is 0 Å². The molecule has 0 aliphatic rings. The topological polar surface area (TPSA) is 43.4 Å². The Balaban J connectivity index is 0. The summed E-state index contributed by atoms with van der Waals surface area (Å²) in [5, 5.41) is 0. The molecular formula is C5H6O3. The van der Waals surface area contributed by atoms with E-state index >= 15 is 0 Å². The molecule has 0 saturated carbocycles. The van der Waals surface area contributed by atoms with Gasteiger partial charge in [-0.2, -0.15) is 0 Å². The summed E-state index contributed by atoms with van der Waals surface area (Å²) < 4.78 is 4.06. The zero-order chi connectivity index (χ0) is 6.83. The Morgan fingerprint density at radius 3 is 2.38 bits per heavy atom. The van der Waals surface area contributed by atoms with Gasteiger partial charge in [0.15, 0.2) is 6.79 Å². The summed E-state index contributed by atoms with van der Waals surface area (Å²) in [6.45, 7) is 8.05. The molecule has 0 atom stereocenters. The molecule has 0 aromatic carbocycles. The Morgan fingerprint density at radius 1 is 1.75 bits per heavy atom. The average Bonchev–Trinajstić information content (AvgIpc) is 1.88. The maximum atomic E-state index is 9.17. The van der Waals surface area contributed by atoms with E-state index in [1.165, 1.54) is 12.5 Å². The molecule has 0 rings (SSSR count). The smallest absolute Gasteiger partial charge is 0.417 e. The molecule has 0 fully saturated rings. The van der Waals surface area contributed by atoms with Gasteiger partial charge in [-0.25, -0.2) is 4.79 Å². The van der Waals surface area contributed by atoms with Gasteiger partial charge in [0.05, 0.1) is 0 Å². The summed E-state index contributed by atoms with van der Waals surface area (Å²) in [5.41, 5.74) is 0. The first-order valence-electron chi connectivity index (χ1n) is 1.75. The van der Waals surface area contributed by atoms with E-state index in [2.05, 4.69) is 18.1 Å². The second kappa shape index (κ2) is 16.9. The molecule has 3 heteroatoms. The molecule has 8 heavy (non-hydrogen) atoms. The predicted octanol–water partition coefficient (Wildman–Crippen LogP) is -0.0179. The van der Waals surface area contributed by atoms with Gasteiger partial charge in [-0.3, -0.25) is 4.79 Å². The molecule has 0 N–H and O–H groups in total. The van der Waals surface area contributed by atoms with E-state index in [1.54, 1.807) is 0 Å². The summed E-state index contributed by atoms with van der Waals surface area (Å²) >= 11 is 0. The Hall–Kier alpha value is -1.12. The van der Waals surface area contributed by atoms with Crippen molar-refractivity contribution in [3.05, 3.63) is 12.7 Å². The monoisotopic (exact) mass is 114 g/mol. The van der Waals surface area contributed by atoms with Crippen LogP contribution in [0, 0.1) is 0 Å². The minimum atomic E-state index is 0.253. The molecule has 2 radical (unpaired) electrons. The molecule has 3 nitrogen and oxygen atoms in total. The van der Waals surface area contributed by atoms with Gasteiger partial charge < -0.3 is 4.74 Å². The van der Waals surface area contributed by atoms with Gasteiger partial charge in [0.1, 0.15) is 6.61 Å². The van der Waals surface area contributed by atoms with Crippen LogP contribution in [0.5, 0.6) is 0 Å². The first kappa shape index (κ1) is 9.99. The van der Waals surface area contributed by atoms with E-state index in [9.17, 15) is 0 Å². The molecule has 0 saturated heterocycles. The van der Waals surface area contributed by atoms with Crippen molar-refractivity contribution in [3.8, 4) is 0 Å². The van der Waals surface area contributed by atoms with Gasteiger partial charge in [-0.05, 0) is 0 Å². The molecule has 0 heterocycles. The third-order valence-electron chi connectivity index (χ3n) is 0.260. The molecule has 0 spiro atoms. The van der Waals surface area contributed by atoms with Crippen molar-refractivity contribution in [2.24, 2.45) is 0 Å². The second-order valence-corrected chi connectivity index (χ2v) is 0.683. The largest absolute Gasteiger partial charge is 0.453 e. The highest BCUT2D eigenvalue weighted by molar-refractivity contribution is 5.38. The standard InChI is InChI=1S/C4H5O2.CHO/c1-2-3-6-4-5;1-2/h2H,1,3H2;1H. The van der Waals surface area contributed by atoms with E-state index in [-0.39, 0.29) is 6.61 Å². The van der Waals surface area contributed by atoms with E-state index in [4.69, 9.17) is 9.59 Å². The SMILES string of the molecule is C=CCO[C]=O.[CH]=O. The van der Waals surface area contributed by atoms with Crippen molar-refractivity contribution in [1.29, 1.82) is 0 Å². The van der Waals surface area contributed by atoms with Crippen molar-refractivity contribution in [1.82, 2.24) is 0 Å². The van der Waals surface area contributed by atoms with Crippen molar-refractivity contribution in [3.63, 3.8) is 0 Å². The Labute approximate surface area is 48.0 Å². The van der Waals surface area contributed by atoms with E-state index in [0.29, 0.717) is 0 Å². The Kier molecular flexibility index (Phi) is 21.1. The minimum absolute atomic E-state index is 0.253. The molecule has 0 unspecified atom stereocenters. The van der Waals surface area contributed by atoms with Gasteiger partial charge in [0.25, 0.3) is 0 Å². The summed E-state index contributed by atoms with van der Waals surface area (Å²) in [7, 11) is 0. The molecule has 0 aliphatic heterocycles. The number of rotatable bonds is 3. The van der Waals surface area contributed by atoms with Gasteiger partial charge in [-0.15, -0.1) is 0 Å². The third kappa shape index (κ3) is 20.8. The predicted molar refractivity (Wildman–Crippen MR) is 28.6 cm³/mol. The second-order valence-electron chi connectivity index (χ2n) is 0.683. The average molecular weight is 114 g/mol. The van der Waals surface area contributed by atoms with Crippen molar-refractivity contribution >= 4 is 13.3 Å². The van der Waals surface area contributed by atoms with Crippen molar-refractivity contribution in [2.75, 3.05) is 6.61 Å². The highest BCUT2D eigenvalue weighted by atomic mass is 16.5. The quantitative estimate of drug-likeness (QED) is 0.294. The minimum Gasteiger partial charge on any atom is -0.453 e. The molecule has 0 aliphatic carbocycles. The number of hydrogen-bond acceptors (Lipinski definition) is 3. The van der Waals surface area contributed by atoms with Crippen LogP contribution in [0.1, 0.15) is 0 Å². The Bertz CT molecular complexity index is 52.7. The van der Waals surface area contributed by atoms with Crippen LogP contribution in [0.25, 0.3) is 0 Å². The van der Waals surface area contributed by atoms with Gasteiger partial charge in [0, 0.05) is 0 Å². The highest BCUT2D eigenvalue weighted by Gasteiger charge is 1.68. The van der Waals surface area contributed by atoms with Gasteiger partial charge in [-0.1, -0.05) is 12.7 Å². The number of carbonyl (C=O) groups excluding carboxylic acids is 2. The van der Waals surface area contributed by atoms with E-state index in [0.717, 1.165) is 0 Å². The molecular weight excluding hydrogens is 108 g/mol. The molecule has 44 valence electrons. The lowest BCUT2D eigenvalue weighted by Gasteiger charge is -1.80. The van der Waals surface area contributed by atoms with E-state index < -0.39 is 0 Å². The summed E-state index contributed by atoms with van der Waals surface area (Å²) in [5.74, 6) is 0. The fourth-order valence-corrected chi connectivity index (χ4v) is 0.0929. The van der Waals surface area contributed by atoms with E-state index in [1.807, 2.05) is 0 Å². The lowest BCUT2D eigenvalue weighted by atomic mass is 10.7. The van der Waals surface area contributed by atoms with Crippen LogP contribution in [-0.2, 0) is 14.3 Å². The molecule has 0 bridgehead atoms. The van der Waals surface area contributed by atoms with Crippen LogP contribution in [0.2, 0.25) is 0 Å². The fourth-order valence-electron chi connectivity index (χ4n) is 0.0929. The molecule has 0 aromatic heterocycles. The van der Waals surface area contributed by atoms with Gasteiger partial charge in [0.2, 0.25) is 0 Å². The maximum Gasteiger partial charge on any atom is 0.417 e. The zero-order valence-corrected chi connectivity index (χ0v) is 4.29. The lowest BCUT2D eigenvalue weighted by molar-refractivity contribution is 0.314. The summed E-state index contributed by atoms with van der Waals surface area (Å²) in [6.07, 6.45) is 1.48. The van der Waals surface area contributed by atoms with Crippen molar-refractivity contribution < 1.29 is 14.3 Å². The lowest BCUT2D eigenvalue weighted by Crippen LogP contribution is -1.82. The van der Waals surface area contributed by atoms with Crippen LogP contribution in [0.3, 0.4) is 0 Å². The maximum absolute atomic E-state index is 9.17. The van der Waals surface area contributed by atoms with Crippen LogP contribution in [0.4, 0.5) is 0 Å². The molecule has 0 amide bonds. The van der Waals surface area contributed by atoms with Gasteiger partial charge >= 0.3 is 6.47 Å². The van der Waals surface area contributed by atoms with Crippen LogP contribution in [0.15, 0.2) is 12.7 Å².